The third-order valence-electron chi connectivity index (χ3n) is 6.99. The maximum absolute atomic E-state index is 13.3. The summed E-state index contributed by atoms with van der Waals surface area (Å²) in [5.74, 6) is -0.285. The number of piperazine rings is 1. The van der Waals surface area contributed by atoms with Crippen LogP contribution in [-0.2, 0) is 7.05 Å². The Hall–Kier alpha value is -4.74. The molecule has 2 aromatic carbocycles. The topological polar surface area (TPSA) is 157 Å². The van der Waals surface area contributed by atoms with E-state index in [1.807, 2.05) is 19.9 Å². The molecule has 0 spiro atoms. The molecule has 0 saturated carbocycles. The van der Waals surface area contributed by atoms with Gasteiger partial charge >= 0.3 is 12.1 Å². The summed E-state index contributed by atoms with van der Waals surface area (Å²) in [6.45, 7) is 4.95. The van der Waals surface area contributed by atoms with Gasteiger partial charge in [0.1, 0.15) is 17.2 Å². The lowest BCUT2D eigenvalue weighted by Gasteiger charge is -2.33. The Bertz CT molecular complexity index is 1560. The number of aryl methyl sites for hydroxylation is 1. The van der Waals surface area contributed by atoms with Gasteiger partial charge in [-0.2, -0.15) is 0 Å². The molecule has 12 heteroatoms. The molecule has 1 aliphatic rings. The Kier molecular flexibility index (Phi) is 6.09. The number of nitrogens with zero attached hydrogens (tertiary/aromatic N) is 6. The third kappa shape index (κ3) is 4.13. The zero-order chi connectivity index (χ0) is 27.3. The molecule has 0 bridgehead atoms. The third-order valence-corrected chi connectivity index (χ3v) is 6.99. The van der Waals surface area contributed by atoms with E-state index in [4.69, 9.17) is 5.11 Å². The highest BCUT2D eigenvalue weighted by Gasteiger charge is 2.27. The fraction of sp³-hybridized carbons (Fsp3) is 0.308. The second-order valence-electron chi connectivity index (χ2n) is 9.64. The first-order chi connectivity index (χ1) is 18.1. The van der Waals surface area contributed by atoms with Gasteiger partial charge in [-0.05, 0) is 41.8 Å². The number of rotatable bonds is 4. The Balaban J connectivity index is 1.52. The summed E-state index contributed by atoms with van der Waals surface area (Å²) in [6, 6.07) is 9.56. The first kappa shape index (κ1) is 24.9. The number of amides is 2. The smallest absolute Gasteiger partial charge is 0.407 e. The van der Waals surface area contributed by atoms with Crippen LogP contribution in [0.3, 0.4) is 0 Å². The number of fused-ring (bicyclic) bond motifs is 1. The second kappa shape index (κ2) is 9.29. The lowest BCUT2D eigenvalue weighted by atomic mass is 9.98. The minimum atomic E-state index is -0.994. The van der Waals surface area contributed by atoms with Gasteiger partial charge in [-0.25, -0.2) is 9.36 Å². The fourth-order valence-electron chi connectivity index (χ4n) is 4.87. The normalized spacial score (nSPS) is 14.0. The number of hydrogen-bond donors (Lipinski definition) is 4. The average molecular weight is 521 g/mol. The molecule has 1 aliphatic heterocycles. The molecule has 198 valence electrons. The van der Waals surface area contributed by atoms with Gasteiger partial charge in [-0.1, -0.05) is 18.9 Å². The Morgan fingerprint density at radius 3 is 2.24 bits per heavy atom. The van der Waals surface area contributed by atoms with Crippen molar-refractivity contribution in [3.05, 3.63) is 47.7 Å². The van der Waals surface area contributed by atoms with E-state index in [1.54, 1.807) is 40.8 Å². The first-order valence-electron chi connectivity index (χ1n) is 12.1. The minimum Gasteiger partial charge on any atom is -0.508 e. The van der Waals surface area contributed by atoms with Crippen molar-refractivity contribution in [3.63, 3.8) is 0 Å². The molecule has 5 rings (SSSR count). The van der Waals surface area contributed by atoms with Crippen LogP contribution in [0.5, 0.6) is 17.5 Å². The van der Waals surface area contributed by atoms with Gasteiger partial charge in [0.2, 0.25) is 0 Å². The molecular formula is C26H28N6O6. The number of phenolic OH excluding ortho intramolecular Hbond substituents is 2. The van der Waals surface area contributed by atoms with Gasteiger partial charge in [0.05, 0.1) is 11.3 Å². The number of phenols is 2. The molecule has 4 N–H and O–H groups in total. The standard InChI is InChI=1S/C26H28N6O6/c1-14(2)17-12-18(22(34)13-21(17)33)23-27-28-25(36)32(23)16-4-5-19-15(10-16)11-20(29(19)3)24(35)30-6-8-31(9-7-30)26(37)38/h4-5,10-14,33-34H,6-9H2,1-3H3,(H,28,36)(H,37,38). The quantitative estimate of drug-likeness (QED) is 0.320. The van der Waals surface area contributed by atoms with Crippen LogP contribution in [0.15, 0.2) is 36.4 Å². The summed E-state index contributed by atoms with van der Waals surface area (Å²) in [4.78, 5) is 27.4. The van der Waals surface area contributed by atoms with Crippen molar-refractivity contribution < 1.29 is 30.0 Å². The lowest BCUT2D eigenvalue weighted by Crippen LogP contribution is -2.50. The second-order valence-corrected chi connectivity index (χ2v) is 9.64. The fourth-order valence-corrected chi connectivity index (χ4v) is 4.87. The summed E-state index contributed by atoms with van der Waals surface area (Å²) in [5.41, 5.74) is 2.65. The average Bonchev–Trinajstić information content (AvgIpc) is 3.42. The van der Waals surface area contributed by atoms with Crippen LogP contribution in [0.2, 0.25) is 0 Å². The van der Waals surface area contributed by atoms with E-state index in [0.717, 1.165) is 10.9 Å². The van der Waals surface area contributed by atoms with Crippen LogP contribution >= 0.6 is 0 Å². The summed E-state index contributed by atoms with van der Waals surface area (Å²) < 4.78 is 3.16. The summed E-state index contributed by atoms with van der Waals surface area (Å²) >= 11 is 0. The van der Waals surface area contributed by atoms with Crippen molar-refractivity contribution in [2.45, 2.75) is 19.8 Å². The molecule has 0 unspecified atom stereocenters. The van der Waals surface area contributed by atoms with E-state index < -0.39 is 6.09 Å². The Morgan fingerprint density at radius 2 is 1.58 bits per heavy atom. The first-order valence-corrected chi connectivity index (χ1v) is 12.1. The minimum absolute atomic E-state index is 0.0250. The number of carboxylic acid groups (broad SMARTS) is 1. The monoisotopic (exact) mass is 520 g/mol. The van der Waals surface area contributed by atoms with E-state index in [2.05, 4.69) is 10.2 Å². The van der Waals surface area contributed by atoms with Crippen LogP contribution < -0.4 is 0 Å². The summed E-state index contributed by atoms with van der Waals surface area (Å²) in [7, 11) is 1.78. The predicted octanol–water partition coefficient (Wildman–Crippen LogP) is 3.10. The molecule has 2 aromatic heterocycles. The van der Waals surface area contributed by atoms with Gasteiger partial charge in [-0.3, -0.25) is 4.79 Å². The van der Waals surface area contributed by atoms with E-state index in [1.165, 1.54) is 15.5 Å². The van der Waals surface area contributed by atoms with Crippen molar-refractivity contribution in [3.8, 4) is 34.6 Å². The van der Waals surface area contributed by atoms with Crippen molar-refractivity contribution in [1.82, 2.24) is 29.1 Å². The predicted molar refractivity (Wildman–Crippen MR) is 138 cm³/mol. The Morgan fingerprint density at radius 1 is 0.895 bits per heavy atom. The number of hydrogen-bond acceptors (Lipinski definition) is 7. The molecule has 4 aromatic rings. The van der Waals surface area contributed by atoms with Crippen LogP contribution in [0.25, 0.3) is 28.0 Å². The summed E-state index contributed by atoms with van der Waals surface area (Å²) in [5, 5.41) is 49.1. The molecule has 3 heterocycles. The highest BCUT2D eigenvalue weighted by molar-refractivity contribution is 5.99. The SMILES string of the molecule is CC(C)c1cc(-c2nnc(O)n2-c2ccc3c(c2)cc(C(=O)N2CCN(C(=O)O)CC2)n3C)c(O)cc1O. The molecule has 0 radical (unpaired) electrons. The van der Waals surface area contributed by atoms with Gasteiger partial charge in [0.15, 0.2) is 5.82 Å². The number of aromatic hydroxyl groups is 3. The molecule has 0 aliphatic carbocycles. The van der Waals surface area contributed by atoms with Crippen molar-refractivity contribution >= 4 is 22.9 Å². The van der Waals surface area contributed by atoms with Gasteiger partial charge in [0, 0.05) is 50.2 Å². The van der Waals surface area contributed by atoms with Gasteiger partial charge in [0.25, 0.3) is 5.91 Å². The summed E-state index contributed by atoms with van der Waals surface area (Å²) in [6.07, 6.45) is -0.994. The van der Waals surface area contributed by atoms with Gasteiger partial charge in [-0.15, -0.1) is 5.10 Å². The zero-order valence-corrected chi connectivity index (χ0v) is 21.2. The van der Waals surface area contributed by atoms with Crippen LogP contribution in [0.1, 0.15) is 35.8 Å². The number of carbonyl (C=O) groups excluding carboxylic acids is 1. The molecular weight excluding hydrogens is 492 g/mol. The molecule has 1 fully saturated rings. The molecule has 2 amide bonds. The van der Waals surface area contributed by atoms with Crippen LogP contribution in [0.4, 0.5) is 4.79 Å². The Labute approximate surface area is 217 Å². The number of benzene rings is 2. The zero-order valence-electron chi connectivity index (χ0n) is 21.2. The number of carbonyl (C=O) groups is 2. The van der Waals surface area contributed by atoms with E-state index in [0.29, 0.717) is 35.6 Å². The highest BCUT2D eigenvalue weighted by atomic mass is 16.4. The lowest BCUT2D eigenvalue weighted by molar-refractivity contribution is 0.0616. The number of aromatic nitrogens is 4. The van der Waals surface area contributed by atoms with Crippen molar-refractivity contribution in [2.24, 2.45) is 7.05 Å². The van der Waals surface area contributed by atoms with E-state index in [9.17, 15) is 24.9 Å². The van der Waals surface area contributed by atoms with Crippen LogP contribution in [-0.4, -0.2) is 87.7 Å². The molecule has 12 nitrogen and oxygen atoms in total. The van der Waals surface area contributed by atoms with E-state index >= 15 is 0 Å². The molecule has 38 heavy (non-hydrogen) atoms. The van der Waals surface area contributed by atoms with Crippen LogP contribution in [0, 0.1) is 0 Å². The van der Waals surface area contributed by atoms with Crippen molar-refractivity contribution in [1.29, 1.82) is 0 Å². The maximum Gasteiger partial charge on any atom is 0.407 e. The van der Waals surface area contributed by atoms with Gasteiger partial charge < -0.3 is 34.8 Å². The highest BCUT2D eigenvalue weighted by Crippen LogP contribution is 2.39. The largest absolute Gasteiger partial charge is 0.508 e. The molecule has 0 atom stereocenters. The molecule has 1 saturated heterocycles. The van der Waals surface area contributed by atoms with Crippen molar-refractivity contribution in [2.75, 3.05) is 26.2 Å². The van der Waals surface area contributed by atoms with E-state index in [-0.39, 0.29) is 48.2 Å². The maximum atomic E-state index is 13.3.